The number of carbonyl (C=O) groups excluding carboxylic acids is 1. The lowest BCUT2D eigenvalue weighted by atomic mass is 10.1. The molecule has 0 aliphatic carbocycles. The molecular formula is C22H23N3O2. The van der Waals surface area contributed by atoms with E-state index in [0.717, 1.165) is 33.9 Å². The fourth-order valence-electron chi connectivity index (χ4n) is 2.68. The van der Waals surface area contributed by atoms with Gasteiger partial charge in [-0.05, 0) is 62.2 Å². The molecule has 138 valence electrons. The second-order valence-electron chi connectivity index (χ2n) is 6.19. The number of anilines is 3. The lowest BCUT2D eigenvalue weighted by Gasteiger charge is -2.12. The maximum atomic E-state index is 12.5. The molecule has 0 bridgehead atoms. The second kappa shape index (κ2) is 8.36. The summed E-state index contributed by atoms with van der Waals surface area (Å²) in [6.07, 6.45) is 1.64. The SMILES string of the molecule is CCOc1ccccc1Nc1ccc(C(=O)Nc2cccc(C)c2C)nc1. The van der Waals surface area contributed by atoms with Gasteiger partial charge in [0.1, 0.15) is 11.4 Å². The van der Waals surface area contributed by atoms with E-state index in [4.69, 9.17) is 4.74 Å². The molecule has 3 aromatic rings. The van der Waals surface area contributed by atoms with E-state index in [0.29, 0.717) is 12.3 Å². The average Bonchev–Trinajstić information content (AvgIpc) is 2.68. The summed E-state index contributed by atoms with van der Waals surface area (Å²) in [5.74, 6) is 0.543. The van der Waals surface area contributed by atoms with Crippen LogP contribution in [-0.4, -0.2) is 17.5 Å². The number of carbonyl (C=O) groups is 1. The van der Waals surface area contributed by atoms with Crippen molar-refractivity contribution >= 4 is 23.0 Å². The summed E-state index contributed by atoms with van der Waals surface area (Å²) >= 11 is 0. The molecule has 0 aliphatic rings. The molecular weight excluding hydrogens is 338 g/mol. The third-order valence-electron chi connectivity index (χ3n) is 4.31. The number of pyridine rings is 1. The van der Waals surface area contributed by atoms with Gasteiger partial charge < -0.3 is 15.4 Å². The predicted molar refractivity (Wildman–Crippen MR) is 109 cm³/mol. The highest BCUT2D eigenvalue weighted by Crippen LogP contribution is 2.27. The van der Waals surface area contributed by atoms with Crippen molar-refractivity contribution in [2.24, 2.45) is 0 Å². The van der Waals surface area contributed by atoms with Crippen molar-refractivity contribution in [1.82, 2.24) is 4.98 Å². The van der Waals surface area contributed by atoms with Crippen LogP contribution in [0.4, 0.5) is 17.1 Å². The summed E-state index contributed by atoms with van der Waals surface area (Å²) < 4.78 is 5.61. The van der Waals surface area contributed by atoms with E-state index in [9.17, 15) is 4.79 Å². The molecule has 0 saturated carbocycles. The fourth-order valence-corrected chi connectivity index (χ4v) is 2.68. The van der Waals surface area contributed by atoms with Crippen LogP contribution < -0.4 is 15.4 Å². The highest BCUT2D eigenvalue weighted by molar-refractivity contribution is 6.03. The summed E-state index contributed by atoms with van der Waals surface area (Å²) in [5, 5.41) is 6.19. The Balaban J connectivity index is 1.72. The van der Waals surface area contributed by atoms with Crippen molar-refractivity contribution in [2.45, 2.75) is 20.8 Å². The molecule has 27 heavy (non-hydrogen) atoms. The molecule has 1 heterocycles. The number of para-hydroxylation sites is 2. The smallest absolute Gasteiger partial charge is 0.274 e. The summed E-state index contributed by atoms with van der Waals surface area (Å²) in [5.41, 5.74) is 4.98. The number of benzene rings is 2. The Morgan fingerprint density at radius 2 is 1.78 bits per heavy atom. The van der Waals surface area contributed by atoms with Gasteiger partial charge in [0.05, 0.1) is 24.2 Å². The molecule has 1 amide bonds. The Kier molecular flexibility index (Phi) is 5.71. The molecule has 2 aromatic carbocycles. The van der Waals surface area contributed by atoms with E-state index < -0.39 is 0 Å². The van der Waals surface area contributed by atoms with Crippen molar-refractivity contribution in [3.05, 3.63) is 77.6 Å². The Morgan fingerprint density at radius 1 is 1.00 bits per heavy atom. The number of ether oxygens (including phenoxy) is 1. The monoisotopic (exact) mass is 361 g/mol. The predicted octanol–water partition coefficient (Wildman–Crippen LogP) is 5.09. The van der Waals surface area contributed by atoms with E-state index in [1.807, 2.05) is 69.3 Å². The summed E-state index contributed by atoms with van der Waals surface area (Å²) in [6, 6.07) is 17.1. The molecule has 3 rings (SSSR count). The van der Waals surface area contributed by atoms with Gasteiger partial charge in [-0.2, -0.15) is 0 Å². The molecule has 5 nitrogen and oxygen atoms in total. The maximum absolute atomic E-state index is 12.5. The number of amides is 1. The quantitative estimate of drug-likeness (QED) is 0.642. The van der Waals surface area contributed by atoms with Crippen LogP contribution in [0.2, 0.25) is 0 Å². The number of hydrogen-bond donors (Lipinski definition) is 2. The van der Waals surface area contributed by atoms with Gasteiger partial charge in [-0.15, -0.1) is 0 Å². The molecule has 5 heteroatoms. The largest absolute Gasteiger partial charge is 0.492 e. The molecule has 0 atom stereocenters. The van der Waals surface area contributed by atoms with E-state index in [-0.39, 0.29) is 5.91 Å². The van der Waals surface area contributed by atoms with E-state index in [1.165, 1.54) is 0 Å². The lowest BCUT2D eigenvalue weighted by Crippen LogP contribution is -2.14. The molecule has 0 fully saturated rings. The zero-order chi connectivity index (χ0) is 19.2. The number of aryl methyl sites for hydroxylation is 1. The molecule has 0 unspecified atom stereocenters. The standard InChI is InChI=1S/C22H23N3O2/c1-4-27-21-11-6-5-9-19(21)24-17-12-13-20(23-14-17)22(26)25-18-10-7-8-15(2)16(18)3/h5-14,24H,4H2,1-3H3,(H,25,26). The van der Waals surface area contributed by atoms with Gasteiger partial charge in [-0.1, -0.05) is 24.3 Å². The molecule has 0 aliphatic heterocycles. The van der Waals surface area contributed by atoms with Crippen molar-refractivity contribution in [3.8, 4) is 5.75 Å². The Labute approximate surface area is 159 Å². The number of hydrogen-bond acceptors (Lipinski definition) is 4. The third-order valence-corrected chi connectivity index (χ3v) is 4.31. The van der Waals surface area contributed by atoms with Crippen LogP contribution in [0.1, 0.15) is 28.5 Å². The van der Waals surface area contributed by atoms with Crippen molar-refractivity contribution in [1.29, 1.82) is 0 Å². The van der Waals surface area contributed by atoms with Gasteiger partial charge in [-0.25, -0.2) is 4.98 Å². The van der Waals surface area contributed by atoms with Crippen molar-refractivity contribution in [3.63, 3.8) is 0 Å². The highest BCUT2D eigenvalue weighted by atomic mass is 16.5. The summed E-state index contributed by atoms with van der Waals surface area (Å²) in [7, 11) is 0. The van der Waals surface area contributed by atoms with Crippen LogP contribution in [0, 0.1) is 13.8 Å². The average molecular weight is 361 g/mol. The Bertz CT molecular complexity index is 937. The van der Waals surface area contributed by atoms with Crippen LogP contribution in [0.5, 0.6) is 5.75 Å². The minimum atomic E-state index is -0.232. The fraction of sp³-hybridized carbons (Fsp3) is 0.182. The van der Waals surface area contributed by atoms with Crippen LogP contribution in [-0.2, 0) is 0 Å². The first kappa shape index (κ1) is 18.5. The van der Waals surface area contributed by atoms with Gasteiger partial charge in [0.15, 0.2) is 0 Å². The summed E-state index contributed by atoms with van der Waals surface area (Å²) in [6.45, 7) is 6.54. The zero-order valence-corrected chi connectivity index (χ0v) is 15.7. The van der Waals surface area contributed by atoms with E-state index in [2.05, 4.69) is 15.6 Å². The molecule has 0 radical (unpaired) electrons. The summed E-state index contributed by atoms with van der Waals surface area (Å²) in [4.78, 5) is 16.8. The third kappa shape index (κ3) is 4.44. The zero-order valence-electron chi connectivity index (χ0n) is 15.7. The van der Waals surface area contributed by atoms with E-state index in [1.54, 1.807) is 12.3 Å². The molecule has 0 saturated heterocycles. The van der Waals surface area contributed by atoms with Crippen molar-refractivity contribution < 1.29 is 9.53 Å². The first-order valence-corrected chi connectivity index (χ1v) is 8.91. The van der Waals surface area contributed by atoms with Crippen molar-refractivity contribution in [2.75, 3.05) is 17.2 Å². The maximum Gasteiger partial charge on any atom is 0.274 e. The van der Waals surface area contributed by atoms with Crippen LogP contribution in [0.15, 0.2) is 60.8 Å². The van der Waals surface area contributed by atoms with Crippen LogP contribution in [0.25, 0.3) is 0 Å². The molecule has 0 spiro atoms. The van der Waals surface area contributed by atoms with Gasteiger partial charge in [0, 0.05) is 5.69 Å². The Morgan fingerprint density at radius 3 is 2.52 bits per heavy atom. The Hall–Kier alpha value is -3.34. The minimum Gasteiger partial charge on any atom is -0.492 e. The second-order valence-corrected chi connectivity index (χ2v) is 6.19. The minimum absolute atomic E-state index is 0.232. The van der Waals surface area contributed by atoms with Gasteiger partial charge >= 0.3 is 0 Å². The van der Waals surface area contributed by atoms with Gasteiger partial charge in [-0.3, -0.25) is 4.79 Å². The topological polar surface area (TPSA) is 63.2 Å². The van der Waals surface area contributed by atoms with Crippen LogP contribution in [0.3, 0.4) is 0 Å². The number of nitrogens with zero attached hydrogens (tertiary/aromatic N) is 1. The lowest BCUT2D eigenvalue weighted by molar-refractivity contribution is 0.102. The van der Waals surface area contributed by atoms with Crippen LogP contribution >= 0.6 is 0 Å². The number of nitrogens with one attached hydrogen (secondary N) is 2. The normalized spacial score (nSPS) is 10.3. The molecule has 2 N–H and O–H groups in total. The van der Waals surface area contributed by atoms with Gasteiger partial charge in [0.2, 0.25) is 0 Å². The van der Waals surface area contributed by atoms with E-state index >= 15 is 0 Å². The number of rotatable bonds is 6. The highest BCUT2D eigenvalue weighted by Gasteiger charge is 2.10. The molecule has 1 aromatic heterocycles. The first-order valence-electron chi connectivity index (χ1n) is 8.91. The van der Waals surface area contributed by atoms with Gasteiger partial charge in [0.25, 0.3) is 5.91 Å². The number of aromatic nitrogens is 1. The first-order chi connectivity index (χ1) is 13.1.